The van der Waals surface area contributed by atoms with Crippen molar-refractivity contribution in [3.8, 4) is 0 Å². The Morgan fingerprint density at radius 1 is 1.33 bits per heavy atom. The smallest absolute Gasteiger partial charge is 0.270 e. The van der Waals surface area contributed by atoms with E-state index in [4.69, 9.17) is 11.6 Å². The SMILES string of the molecule is O=C(NC1CCCCCC1O)c1ccc([N+](=O)[O-])cc1Cl. The van der Waals surface area contributed by atoms with Gasteiger partial charge in [0.25, 0.3) is 11.6 Å². The monoisotopic (exact) mass is 312 g/mol. The van der Waals surface area contributed by atoms with Crippen LogP contribution in [0.5, 0.6) is 0 Å². The molecule has 1 saturated carbocycles. The molecule has 0 aliphatic heterocycles. The first-order chi connectivity index (χ1) is 9.99. The Labute approximate surface area is 127 Å². The lowest BCUT2D eigenvalue weighted by Gasteiger charge is -2.22. The van der Waals surface area contributed by atoms with E-state index in [1.165, 1.54) is 12.1 Å². The molecule has 1 aromatic carbocycles. The van der Waals surface area contributed by atoms with Crippen LogP contribution in [-0.2, 0) is 0 Å². The van der Waals surface area contributed by atoms with Crippen molar-refractivity contribution < 1.29 is 14.8 Å². The number of aliphatic hydroxyl groups excluding tert-OH is 1. The molecule has 0 saturated heterocycles. The lowest BCUT2D eigenvalue weighted by Crippen LogP contribution is -2.42. The predicted molar refractivity (Wildman–Crippen MR) is 78.5 cm³/mol. The van der Waals surface area contributed by atoms with Gasteiger partial charge in [-0.3, -0.25) is 14.9 Å². The third-order valence-electron chi connectivity index (χ3n) is 3.70. The van der Waals surface area contributed by atoms with Gasteiger partial charge in [0, 0.05) is 12.1 Å². The van der Waals surface area contributed by atoms with Gasteiger partial charge in [0.15, 0.2) is 0 Å². The summed E-state index contributed by atoms with van der Waals surface area (Å²) in [6.45, 7) is 0. The molecule has 1 amide bonds. The van der Waals surface area contributed by atoms with E-state index >= 15 is 0 Å². The van der Waals surface area contributed by atoms with E-state index in [9.17, 15) is 20.0 Å². The molecule has 1 aromatic rings. The molecular formula is C14H17ClN2O4. The maximum Gasteiger partial charge on any atom is 0.270 e. The first-order valence-electron chi connectivity index (χ1n) is 6.92. The molecule has 0 radical (unpaired) electrons. The Morgan fingerprint density at radius 2 is 2.05 bits per heavy atom. The summed E-state index contributed by atoms with van der Waals surface area (Å²) in [5, 5.41) is 23.4. The zero-order chi connectivity index (χ0) is 15.4. The molecule has 7 heteroatoms. The molecule has 2 atom stereocenters. The Kier molecular flexibility index (Phi) is 5.14. The fraction of sp³-hybridized carbons (Fsp3) is 0.500. The molecule has 0 aromatic heterocycles. The van der Waals surface area contributed by atoms with Gasteiger partial charge in [-0.25, -0.2) is 0 Å². The summed E-state index contributed by atoms with van der Waals surface area (Å²) in [7, 11) is 0. The molecule has 21 heavy (non-hydrogen) atoms. The van der Waals surface area contributed by atoms with Gasteiger partial charge in [-0.2, -0.15) is 0 Å². The van der Waals surface area contributed by atoms with E-state index in [1.807, 2.05) is 0 Å². The molecule has 0 bridgehead atoms. The molecule has 6 nitrogen and oxygen atoms in total. The van der Waals surface area contributed by atoms with E-state index in [1.54, 1.807) is 0 Å². The van der Waals surface area contributed by atoms with Gasteiger partial charge in [0.05, 0.1) is 27.7 Å². The van der Waals surface area contributed by atoms with Gasteiger partial charge >= 0.3 is 0 Å². The summed E-state index contributed by atoms with van der Waals surface area (Å²) in [6.07, 6.45) is 3.77. The van der Waals surface area contributed by atoms with Crippen LogP contribution in [0.15, 0.2) is 18.2 Å². The number of halogens is 1. The maximum absolute atomic E-state index is 12.2. The molecule has 0 heterocycles. The summed E-state index contributed by atoms with van der Waals surface area (Å²) in [4.78, 5) is 22.3. The average molecular weight is 313 g/mol. The summed E-state index contributed by atoms with van der Waals surface area (Å²) in [5.41, 5.74) is 0.0183. The lowest BCUT2D eigenvalue weighted by atomic mass is 10.1. The number of benzene rings is 1. The largest absolute Gasteiger partial charge is 0.391 e. The molecule has 2 unspecified atom stereocenters. The van der Waals surface area contributed by atoms with Crippen LogP contribution < -0.4 is 5.32 Å². The zero-order valence-corrected chi connectivity index (χ0v) is 12.2. The third-order valence-corrected chi connectivity index (χ3v) is 4.02. The fourth-order valence-corrected chi connectivity index (χ4v) is 2.76. The minimum atomic E-state index is -0.567. The number of aliphatic hydroxyl groups is 1. The van der Waals surface area contributed by atoms with Gasteiger partial charge in [-0.1, -0.05) is 30.9 Å². The molecule has 1 aliphatic rings. The van der Waals surface area contributed by atoms with Gasteiger partial charge in [-0.15, -0.1) is 0 Å². The number of carbonyl (C=O) groups is 1. The number of nitrogens with one attached hydrogen (secondary N) is 1. The van der Waals surface area contributed by atoms with E-state index in [0.717, 1.165) is 31.7 Å². The Hall–Kier alpha value is -1.66. The molecule has 114 valence electrons. The summed E-state index contributed by atoms with van der Waals surface area (Å²) < 4.78 is 0. The number of hydrogen-bond acceptors (Lipinski definition) is 4. The van der Waals surface area contributed by atoms with Crippen LogP contribution >= 0.6 is 11.6 Å². The van der Waals surface area contributed by atoms with E-state index in [0.29, 0.717) is 6.42 Å². The molecule has 0 spiro atoms. The van der Waals surface area contributed by atoms with Crippen molar-refractivity contribution >= 4 is 23.2 Å². The van der Waals surface area contributed by atoms with Crippen LogP contribution in [0, 0.1) is 10.1 Å². The topological polar surface area (TPSA) is 92.5 Å². The highest BCUT2D eigenvalue weighted by molar-refractivity contribution is 6.34. The van der Waals surface area contributed by atoms with Crippen molar-refractivity contribution in [2.45, 2.75) is 44.2 Å². The number of hydrogen-bond donors (Lipinski definition) is 2. The third kappa shape index (κ3) is 3.92. The van der Waals surface area contributed by atoms with Crippen LogP contribution in [-0.4, -0.2) is 28.1 Å². The van der Waals surface area contributed by atoms with E-state index < -0.39 is 16.9 Å². The second kappa shape index (κ2) is 6.87. The van der Waals surface area contributed by atoms with Gasteiger partial charge in [-0.05, 0) is 18.9 Å². The standard InChI is InChI=1S/C14H17ClN2O4/c15-11-8-9(17(20)21)6-7-10(11)14(19)16-12-4-2-1-3-5-13(12)18/h6-8,12-13,18H,1-5H2,(H,16,19). The number of nitro benzene ring substituents is 1. The summed E-state index contributed by atoms with van der Waals surface area (Å²) >= 11 is 5.93. The highest BCUT2D eigenvalue weighted by atomic mass is 35.5. The van der Waals surface area contributed by atoms with Gasteiger partial charge < -0.3 is 10.4 Å². The number of amides is 1. The molecular weight excluding hydrogens is 296 g/mol. The van der Waals surface area contributed by atoms with E-state index in [-0.39, 0.29) is 22.3 Å². The summed E-state index contributed by atoms with van der Waals surface area (Å²) in [5.74, 6) is -0.416. The number of carbonyl (C=O) groups excluding carboxylic acids is 1. The zero-order valence-electron chi connectivity index (χ0n) is 11.4. The Balaban J connectivity index is 2.11. The van der Waals surface area contributed by atoms with Crippen LogP contribution in [0.4, 0.5) is 5.69 Å². The van der Waals surface area contributed by atoms with Crippen LogP contribution in [0.3, 0.4) is 0 Å². The number of nitro groups is 1. The lowest BCUT2D eigenvalue weighted by molar-refractivity contribution is -0.384. The molecule has 1 aliphatic carbocycles. The second-order valence-corrected chi connectivity index (χ2v) is 5.61. The van der Waals surface area contributed by atoms with Crippen LogP contribution in [0.1, 0.15) is 42.5 Å². The minimum Gasteiger partial charge on any atom is -0.391 e. The van der Waals surface area contributed by atoms with Crippen molar-refractivity contribution in [3.05, 3.63) is 38.9 Å². The first-order valence-corrected chi connectivity index (χ1v) is 7.29. The quantitative estimate of drug-likeness (QED) is 0.510. The molecule has 2 N–H and O–H groups in total. The van der Waals surface area contributed by atoms with Crippen molar-refractivity contribution in [2.75, 3.05) is 0 Å². The first kappa shape index (κ1) is 15.7. The van der Waals surface area contributed by atoms with E-state index in [2.05, 4.69) is 5.32 Å². The van der Waals surface area contributed by atoms with Gasteiger partial charge in [0.1, 0.15) is 0 Å². The number of rotatable bonds is 3. The Morgan fingerprint density at radius 3 is 2.71 bits per heavy atom. The average Bonchev–Trinajstić information content (AvgIpc) is 2.63. The predicted octanol–water partition coefficient (Wildman–Crippen LogP) is 2.67. The van der Waals surface area contributed by atoms with Crippen LogP contribution in [0.25, 0.3) is 0 Å². The minimum absolute atomic E-state index is 0.0322. The normalized spacial score (nSPS) is 22.4. The number of nitrogens with zero attached hydrogens (tertiary/aromatic N) is 1. The maximum atomic E-state index is 12.2. The van der Waals surface area contributed by atoms with Crippen LogP contribution in [0.2, 0.25) is 5.02 Å². The highest BCUT2D eigenvalue weighted by Gasteiger charge is 2.24. The van der Waals surface area contributed by atoms with Crippen molar-refractivity contribution in [1.82, 2.24) is 5.32 Å². The second-order valence-electron chi connectivity index (χ2n) is 5.21. The van der Waals surface area contributed by atoms with Crippen molar-refractivity contribution in [3.63, 3.8) is 0 Å². The van der Waals surface area contributed by atoms with Gasteiger partial charge in [0.2, 0.25) is 0 Å². The Bertz CT molecular complexity index is 550. The fourth-order valence-electron chi connectivity index (χ4n) is 2.50. The highest BCUT2D eigenvalue weighted by Crippen LogP contribution is 2.23. The van der Waals surface area contributed by atoms with Crippen molar-refractivity contribution in [2.24, 2.45) is 0 Å². The summed E-state index contributed by atoms with van der Waals surface area (Å²) in [6, 6.07) is 3.43. The molecule has 2 rings (SSSR count). The molecule has 1 fully saturated rings. The van der Waals surface area contributed by atoms with Crippen molar-refractivity contribution in [1.29, 1.82) is 0 Å². The number of non-ortho nitro benzene ring substituents is 1.